The van der Waals surface area contributed by atoms with Gasteiger partial charge >= 0.3 is 0 Å². The lowest BCUT2D eigenvalue weighted by Gasteiger charge is -2.14. The predicted molar refractivity (Wildman–Crippen MR) is 66.8 cm³/mol. The average Bonchev–Trinajstić information content (AvgIpc) is 2.99. The first kappa shape index (κ1) is 11.7. The Labute approximate surface area is 102 Å². The van der Waals surface area contributed by atoms with Crippen LogP contribution < -0.4 is 5.32 Å². The number of benzene rings is 1. The van der Waals surface area contributed by atoms with Gasteiger partial charge in [0, 0.05) is 19.0 Å². The Kier molecular flexibility index (Phi) is 3.72. The molecular formula is C13H18ClNO. The summed E-state index contributed by atoms with van der Waals surface area (Å²) in [4.78, 5) is 0. The van der Waals surface area contributed by atoms with Crippen molar-refractivity contribution >= 4 is 11.6 Å². The molecule has 1 aliphatic carbocycles. The maximum atomic E-state index is 9.32. The lowest BCUT2D eigenvalue weighted by Crippen LogP contribution is -2.23. The van der Waals surface area contributed by atoms with Gasteiger partial charge in [0.2, 0.25) is 0 Å². The molecule has 0 aliphatic heterocycles. The van der Waals surface area contributed by atoms with Crippen LogP contribution in [-0.2, 0) is 6.54 Å². The minimum Gasteiger partial charge on any atom is -0.508 e. The van der Waals surface area contributed by atoms with Crippen LogP contribution in [0.3, 0.4) is 0 Å². The molecule has 1 aliphatic rings. The predicted octanol–water partition coefficient (Wildman–Crippen LogP) is 2.89. The smallest absolute Gasteiger partial charge is 0.115 e. The second-order valence-electron chi connectivity index (χ2n) is 4.71. The number of alkyl halides is 1. The van der Waals surface area contributed by atoms with Gasteiger partial charge < -0.3 is 10.4 Å². The standard InChI is InChI=1S/C13H18ClNO/c14-7-6-13(4-5-13)10-15-9-11-2-1-3-12(16)8-11/h1-3,8,15-16H,4-7,9-10H2. The fourth-order valence-corrected chi connectivity index (χ4v) is 2.43. The molecule has 0 bridgehead atoms. The number of aromatic hydroxyl groups is 1. The van der Waals surface area contributed by atoms with Gasteiger partial charge in [0.25, 0.3) is 0 Å². The largest absolute Gasteiger partial charge is 0.508 e. The minimum atomic E-state index is 0.334. The molecule has 0 saturated heterocycles. The maximum absolute atomic E-state index is 9.32. The molecule has 1 fully saturated rings. The molecular weight excluding hydrogens is 222 g/mol. The molecule has 16 heavy (non-hydrogen) atoms. The monoisotopic (exact) mass is 239 g/mol. The van der Waals surface area contributed by atoms with Crippen LogP contribution in [0.4, 0.5) is 0 Å². The Bertz CT molecular complexity index is 350. The van der Waals surface area contributed by atoms with E-state index in [4.69, 9.17) is 11.6 Å². The van der Waals surface area contributed by atoms with Gasteiger partial charge in [-0.05, 0) is 42.4 Å². The highest BCUT2D eigenvalue weighted by Gasteiger charge is 2.40. The van der Waals surface area contributed by atoms with Crippen molar-refractivity contribution in [2.24, 2.45) is 5.41 Å². The summed E-state index contributed by atoms with van der Waals surface area (Å²) in [6, 6.07) is 7.39. The quantitative estimate of drug-likeness (QED) is 0.749. The van der Waals surface area contributed by atoms with E-state index in [1.807, 2.05) is 12.1 Å². The molecule has 2 rings (SSSR count). The zero-order valence-corrected chi connectivity index (χ0v) is 10.1. The number of phenolic OH excluding ortho intramolecular Hbond substituents is 1. The Balaban J connectivity index is 1.76. The number of rotatable bonds is 6. The van der Waals surface area contributed by atoms with Gasteiger partial charge in [-0.1, -0.05) is 12.1 Å². The van der Waals surface area contributed by atoms with E-state index in [2.05, 4.69) is 5.32 Å². The summed E-state index contributed by atoms with van der Waals surface area (Å²) in [6.45, 7) is 1.85. The molecule has 0 atom stereocenters. The number of phenols is 1. The highest BCUT2D eigenvalue weighted by atomic mass is 35.5. The van der Waals surface area contributed by atoms with Crippen molar-refractivity contribution in [1.29, 1.82) is 0 Å². The van der Waals surface area contributed by atoms with E-state index in [1.54, 1.807) is 12.1 Å². The molecule has 1 saturated carbocycles. The van der Waals surface area contributed by atoms with E-state index in [0.29, 0.717) is 11.2 Å². The third kappa shape index (κ3) is 3.13. The summed E-state index contributed by atoms with van der Waals surface area (Å²) in [6.07, 6.45) is 3.71. The van der Waals surface area contributed by atoms with Crippen LogP contribution in [0.5, 0.6) is 5.75 Å². The molecule has 1 aromatic rings. The van der Waals surface area contributed by atoms with E-state index in [9.17, 15) is 5.11 Å². The highest BCUT2D eigenvalue weighted by molar-refractivity contribution is 6.17. The van der Waals surface area contributed by atoms with E-state index >= 15 is 0 Å². The Morgan fingerprint density at radius 3 is 2.81 bits per heavy atom. The molecule has 0 radical (unpaired) electrons. The Morgan fingerprint density at radius 1 is 1.38 bits per heavy atom. The number of nitrogens with one attached hydrogen (secondary N) is 1. The minimum absolute atomic E-state index is 0.334. The van der Waals surface area contributed by atoms with Gasteiger partial charge in [-0.3, -0.25) is 0 Å². The molecule has 1 aromatic carbocycles. The Morgan fingerprint density at radius 2 is 2.19 bits per heavy atom. The van der Waals surface area contributed by atoms with Gasteiger partial charge in [0.05, 0.1) is 0 Å². The topological polar surface area (TPSA) is 32.3 Å². The van der Waals surface area contributed by atoms with Gasteiger partial charge in [-0.2, -0.15) is 0 Å². The lowest BCUT2D eigenvalue weighted by atomic mass is 10.0. The molecule has 0 spiro atoms. The van der Waals surface area contributed by atoms with E-state index in [1.165, 1.54) is 12.8 Å². The number of halogens is 1. The summed E-state index contributed by atoms with van der Waals surface area (Å²) in [5.41, 5.74) is 1.60. The summed E-state index contributed by atoms with van der Waals surface area (Å²) in [7, 11) is 0. The van der Waals surface area contributed by atoms with Crippen molar-refractivity contribution in [2.45, 2.75) is 25.8 Å². The van der Waals surface area contributed by atoms with Crippen LogP contribution in [0, 0.1) is 5.41 Å². The molecule has 2 nitrogen and oxygen atoms in total. The van der Waals surface area contributed by atoms with Gasteiger partial charge in [-0.15, -0.1) is 11.6 Å². The fourth-order valence-electron chi connectivity index (χ4n) is 2.03. The third-order valence-electron chi connectivity index (χ3n) is 3.32. The van der Waals surface area contributed by atoms with Crippen molar-refractivity contribution < 1.29 is 5.11 Å². The SMILES string of the molecule is Oc1cccc(CNCC2(CCCl)CC2)c1. The van der Waals surface area contributed by atoms with Crippen molar-refractivity contribution in [1.82, 2.24) is 5.32 Å². The van der Waals surface area contributed by atoms with E-state index in [0.717, 1.165) is 31.0 Å². The first-order chi connectivity index (χ1) is 7.74. The second kappa shape index (κ2) is 5.07. The van der Waals surface area contributed by atoms with Crippen LogP contribution in [0.15, 0.2) is 24.3 Å². The third-order valence-corrected chi connectivity index (χ3v) is 3.51. The van der Waals surface area contributed by atoms with Crippen molar-refractivity contribution in [2.75, 3.05) is 12.4 Å². The molecule has 0 unspecified atom stereocenters. The molecule has 88 valence electrons. The summed E-state index contributed by atoms with van der Waals surface area (Å²) in [5.74, 6) is 1.09. The zero-order valence-electron chi connectivity index (χ0n) is 9.38. The van der Waals surface area contributed by atoms with E-state index in [-0.39, 0.29) is 0 Å². The number of hydrogen-bond donors (Lipinski definition) is 2. The summed E-state index contributed by atoms with van der Waals surface area (Å²) < 4.78 is 0. The van der Waals surface area contributed by atoms with Crippen molar-refractivity contribution in [3.63, 3.8) is 0 Å². The molecule has 2 N–H and O–H groups in total. The summed E-state index contributed by atoms with van der Waals surface area (Å²) in [5, 5.41) is 12.8. The Hall–Kier alpha value is -0.730. The van der Waals surface area contributed by atoms with Crippen LogP contribution >= 0.6 is 11.6 Å². The molecule has 0 aromatic heterocycles. The number of hydrogen-bond acceptors (Lipinski definition) is 2. The maximum Gasteiger partial charge on any atom is 0.115 e. The van der Waals surface area contributed by atoms with Gasteiger partial charge in [0.1, 0.15) is 5.75 Å². The van der Waals surface area contributed by atoms with Crippen molar-refractivity contribution in [3.05, 3.63) is 29.8 Å². The zero-order chi connectivity index (χ0) is 11.4. The molecule has 3 heteroatoms. The first-order valence-corrected chi connectivity index (χ1v) is 6.32. The van der Waals surface area contributed by atoms with E-state index < -0.39 is 0 Å². The van der Waals surface area contributed by atoms with Gasteiger partial charge in [-0.25, -0.2) is 0 Å². The average molecular weight is 240 g/mol. The normalized spacial score (nSPS) is 17.3. The van der Waals surface area contributed by atoms with Gasteiger partial charge in [0.15, 0.2) is 0 Å². The first-order valence-electron chi connectivity index (χ1n) is 5.79. The van der Waals surface area contributed by atoms with Crippen LogP contribution in [0.2, 0.25) is 0 Å². The van der Waals surface area contributed by atoms with Crippen LogP contribution in [0.25, 0.3) is 0 Å². The van der Waals surface area contributed by atoms with Crippen molar-refractivity contribution in [3.8, 4) is 5.75 Å². The molecule has 0 heterocycles. The van der Waals surface area contributed by atoms with Crippen LogP contribution in [-0.4, -0.2) is 17.5 Å². The lowest BCUT2D eigenvalue weighted by molar-refractivity contribution is 0.444. The summed E-state index contributed by atoms with van der Waals surface area (Å²) >= 11 is 5.78. The second-order valence-corrected chi connectivity index (χ2v) is 5.09. The fraction of sp³-hybridized carbons (Fsp3) is 0.538. The van der Waals surface area contributed by atoms with Crippen LogP contribution in [0.1, 0.15) is 24.8 Å². The highest BCUT2D eigenvalue weighted by Crippen LogP contribution is 2.48. The molecule has 0 amide bonds.